The molecule has 1 heterocycles. The van der Waals surface area contributed by atoms with Crippen molar-refractivity contribution in [2.75, 3.05) is 50.1 Å². The Hall–Kier alpha value is -3.51. The van der Waals surface area contributed by atoms with Gasteiger partial charge in [0.15, 0.2) is 0 Å². The van der Waals surface area contributed by atoms with Crippen LogP contribution in [-0.2, 0) is 4.79 Å². The summed E-state index contributed by atoms with van der Waals surface area (Å²) >= 11 is 0. The molecular formula is C25H27N3O3. The molecule has 6 nitrogen and oxygen atoms in total. The fourth-order valence-corrected chi connectivity index (χ4v) is 3.59. The van der Waals surface area contributed by atoms with Gasteiger partial charge in [-0.05, 0) is 60.7 Å². The third-order valence-electron chi connectivity index (χ3n) is 5.29. The van der Waals surface area contributed by atoms with Gasteiger partial charge in [-0.25, -0.2) is 0 Å². The molecule has 3 aromatic rings. The van der Waals surface area contributed by atoms with Gasteiger partial charge in [0.1, 0.15) is 17.2 Å². The van der Waals surface area contributed by atoms with Crippen molar-refractivity contribution in [1.29, 1.82) is 0 Å². The van der Waals surface area contributed by atoms with Gasteiger partial charge in [0.25, 0.3) is 0 Å². The number of piperazine rings is 1. The number of carbonyl (C=O) groups excluding carboxylic acids is 1. The van der Waals surface area contributed by atoms with E-state index in [-0.39, 0.29) is 5.91 Å². The molecule has 0 unspecified atom stereocenters. The lowest BCUT2D eigenvalue weighted by molar-refractivity contribution is -0.117. The topological polar surface area (TPSA) is 54.0 Å². The minimum absolute atomic E-state index is 0.00498. The van der Waals surface area contributed by atoms with Crippen molar-refractivity contribution >= 4 is 17.3 Å². The summed E-state index contributed by atoms with van der Waals surface area (Å²) in [6.07, 6.45) is 0. The number of ether oxygens (including phenoxy) is 2. The Balaban J connectivity index is 1.23. The number of benzene rings is 3. The summed E-state index contributed by atoms with van der Waals surface area (Å²) < 4.78 is 11.0. The zero-order chi connectivity index (χ0) is 21.5. The largest absolute Gasteiger partial charge is 0.497 e. The van der Waals surface area contributed by atoms with Crippen LogP contribution in [0.15, 0.2) is 78.9 Å². The average molecular weight is 418 g/mol. The van der Waals surface area contributed by atoms with Crippen molar-refractivity contribution in [1.82, 2.24) is 4.90 Å². The molecule has 0 aromatic heterocycles. The summed E-state index contributed by atoms with van der Waals surface area (Å²) in [6, 6.07) is 25.2. The average Bonchev–Trinajstić information content (AvgIpc) is 2.82. The molecule has 1 fully saturated rings. The van der Waals surface area contributed by atoms with Crippen LogP contribution in [0.4, 0.5) is 11.4 Å². The summed E-state index contributed by atoms with van der Waals surface area (Å²) in [5.74, 6) is 2.38. The Morgan fingerprint density at radius 2 is 1.42 bits per heavy atom. The lowest BCUT2D eigenvalue weighted by Crippen LogP contribution is -2.48. The summed E-state index contributed by atoms with van der Waals surface area (Å²) in [5.41, 5.74) is 1.95. The minimum atomic E-state index is -0.00498. The maximum atomic E-state index is 12.5. The van der Waals surface area contributed by atoms with Crippen molar-refractivity contribution in [2.45, 2.75) is 0 Å². The number of rotatable bonds is 7. The second-order valence-corrected chi connectivity index (χ2v) is 7.45. The van der Waals surface area contributed by atoms with E-state index in [1.807, 2.05) is 66.7 Å². The van der Waals surface area contributed by atoms with E-state index in [4.69, 9.17) is 9.47 Å². The van der Waals surface area contributed by atoms with Crippen LogP contribution in [0.25, 0.3) is 0 Å². The van der Waals surface area contributed by atoms with Crippen LogP contribution in [0, 0.1) is 0 Å². The number of amides is 1. The van der Waals surface area contributed by atoms with E-state index in [0.29, 0.717) is 6.54 Å². The van der Waals surface area contributed by atoms with Gasteiger partial charge < -0.3 is 19.7 Å². The SMILES string of the molecule is COc1ccc(N2CCN(CC(=O)Nc3ccc(Oc4ccccc4)cc3)CC2)cc1. The zero-order valence-electron chi connectivity index (χ0n) is 17.7. The quantitative estimate of drug-likeness (QED) is 0.623. The monoisotopic (exact) mass is 417 g/mol. The molecular weight excluding hydrogens is 390 g/mol. The van der Waals surface area contributed by atoms with Crippen LogP contribution < -0.4 is 19.7 Å². The van der Waals surface area contributed by atoms with Gasteiger partial charge in [0.05, 0.1) is 13.7 Å². The van der Waals surface area contributed by atoms with Crippen LogP contribution in [-0.4, -0.2) is 50.6 Å². The molecule has 0 radical (unpaired) electrons. The van der Waals surface area contributed by atoms with Gasteiger partial charge in [-0.2, -0.15) is 0 Å². The molecule has 0 bridgehead atoms. The Kier molecular flexibility index (Phi) is 6.69. The molecule has 0 saturated carbocycles. The highest BCUT2D eigenvalue weighted by atomic mass is 16.5. The van der Waals surface area contributed by atoms with Gasteiger partial charge in [-0.1, -0.05) is 18.2 Å². The fourth-order valence-electron chi connectivity index (χ4n) is 3.59. The van der Waals surface area contributed by atoms with Crippen molar-refractivity contribution in [2.24, 2.45) is 0 Å². The molecule has 1 amide bonds. The van der Waals surface area contributed by atoms with Crippen LogP contribution in [0.5, 0.6) is 17.2 Å². The Morgan fingerprint density at radius 1 is 0.806 bits per heavy atom. The Morgan fingerprint density at radius 3 is 2.06 bits per heavy atom. The first-order chi connectivity index (χ1) is 15.2. The van der Waals surface area contributed by atoms with E-state index in [9.17, 15) is 4.79 Å². The van der Waals surface area contributed by atoms with Crippen molar-refractivity contribution in [3.05, 3.63) is 78.9 Å². The molecule has 1 N–H and O–H groups in total. The van der Waals surface area contributed by atoms with Crippen molar-refractivity contribution < 1.29 is 14.3 Å². The van der Waals surface area contributed by atoms with Crippen LogP contribution >= 0.6 is 0 Å². The van der Waals surface area contributed by atoms with E-state index in [1.54, 1.807) is 7.11 Å². The minimum Gasteiger partial charge on any atom is -0.497 e. The second-order valence-electron chi connectivity index (χ2n) is 7.45. The maximum Gasteiger partial charge on any atom is 0.238 e. The van der Waals surface area contributed by atoms with Gasteiger partial charge >= 0.3 is 0 Å². The summed E-state index contributed by atoms with van der Waals surface area (Å²) in [5, 5.41) is 2.97. The highest BCUT2D eigenvalue weighted by Gasteiger charge is 2.19. The van der Waals surface area contributed by atoms with Gasteiger partial charge in [0.2, 0.25) is 5.91 Å². The standard InChI is InChI=1S/C25H27N3O3/c1-30-22-13-9-21(10-14-22)28-17-15-27(16-18-28)19-25(29)26-20-7-11-24(12-8-20)31-23-5-3-2-4-6-23/h2-14H,15-19H2,1H3,(H,26,29). The number of para-hydroxylation sites is 1. The predicted molar refractivity (Wildman–Crippen MR) is 123 cm³/mol. The normalized spacial score (nSPS) is 14.2. The number of nitrogens with zero attached hydrogens (tertiary/aromatic N) is 2. The first-order valence-electron chi connectivity index (χ1n) is 10.4. The van der Waals surface area contributed by atoms with E-state index in [0.717, 1.165) is 49.1 Å². The first kappa shape index (κ1) is 20.8. The van der Waals surface area contributed by atoms with E-state index >= 15 is 0 Å². The number of carbonyl (C=O) groups is 1. The van der Waals surface area contributed by atoms with Gasteiger partial charge in [0, 0.05) is 37.6 Å². The summed E-state index contributed by atoms with van der Waals surface area (Å²) in [4.78, 5) is 17.0. The zero-order valence-corrected chi connectivity index (χ0v) is 17.7. The van der Waals surface area contributed by atoms with Gasteiger partial charge in [-0.15, -0.1) is 0 Å². The Bertz CT molecular complexity index is 967. The van der Waals surface area contributed by atoms with Crippen molar-refractivity contribution in [3.8, 4) is 17.2 Å². The van der Waals surface area contributed by atoms with Crippen LogP contribution in [0.1, 0.15) is 0 Å². The molecule has 0 spiro atoms. The molecule has 6 heteroatoms. The molecule has 1 aliphatic heterocycles. The molecule has 160 valence electrons. The van der Waals surface area contributed by atoms with Crippen molar-refractivity contribution in [3.63, 3.8) is 0 Å². The summed E-state index contributed by atoms with van der Waals surface area (Å²) in [7, 11) is 1.67. The van der Waals surface area contributed by atoms with Crippen LogP contribution in [0.2, 0.25) is 0 Å². The first-order valence-corrected chi connectivity index (χ1v) is 10.4. The third kappa shape index (κ3) is 5.77. The number of hydrogen-bond acceptors (Lipinski definition) is 5. The van der Waals surface area contributed by atoms with E-state index < -0.39 is 0 Å². The fraction of sp³-hybridized carbons (Fsp3) is 0.240. The van der Waals surface area contributed by atoms with Crippen LogP contribution in [0.3, 0.4) is 0 Å². The highest BCUT2D eigenvalue weighted by molar-refractivity contribution is 5.92. The number of methoxy groups -OCH3 is 1. The predicted octanol–water partition coefficient (Wildman–Crippen LogP) is 4.25. The molecule has 0 aliphatic carbocycles. The smallest absolute Gasteiger partial charge is 0.238 e. The lowest BCUT2D eigenvalue weighted by atomic mass is 10.2. The molecule has 1 saturated heterocycles. The van der Waals surface area contributed by atoms with Gasteiger partial charge in [-0.3, -0.25) is 9.69 Å². The van der Waals surface area contributed by atoms with E-state index in [1.165, 1.54) is 5.69 Å². The lowest BCUT2D eigenvalue weighted by Gasteiger charge is -2.35. The molecule has 31 heavy (non-hydrogen) atoms. The number of nitrogens with one attached hydrogen (secondary N) is 1. The molecule has 4 rings (SSSR count). The maximum absolute atomic E-state index is 12.5. The second kappa shape index (κ2) is 10.00. The highest BCUT2D eigenvalue weighted by Crippen LogP contribution is 2.23. The third-order valence-corrected chi connectivity index (χ3v) is 5.29. The number of hydrogen-bond donors (Lipinski definition) is 1. The summed E-state index contributed by atoms with van der Waals surface area (Å²) in [6.45, 7) is 3.88. The Labute approximate surface area is 183 Å². The van der Waals surface area contributed by atoms with E-state index in [2.05, 4.69) is 27.2 Å². The molecule has 3 aromatic carbocycles. The molecule has 1 aliphatic rings. The number of anilines is 2. The molecule has 0 atom stereocenters.